The van der Waals surface area contributed by atoms with Crippen molar-refractivity contribution in [2.24, 2.45) is 4.99 Å². The van der Waals surface area contributed by atoms with Crippen LogP contribution in [0.4, 0.5) is 0 Å². The molecule has 1 aromatic rings. The van der Waals surface area contributed by atoms with Gasteiger partial charge in [-0.3, -0.25) is 4.79 Å². The number of allylic oxidation sites excluding steroid dienone is 1. The highest BCUT2D eigenvalue weighted by atomic mass is 32.2. The van der Waals surface area contributed by atoms with Gasteiger partial charge in [0.2, 0.25) is 5.91 Å². The molecule has 0 aromatic heterocycles. The number of methoxy groups -OCH3 is 3. The Morgan fingerprint density at radius 3 is 2.53 bits per heavy atom. The van der Waals surface area contributed by atoms with Crippen molar-refractivity contribution >= 4 is 28.8 Å². The summed E-state index contributed by atoms with van der Waals surface area (Å²) in [5, 5.41) is 5.51. The third-order valence-electron chi connectivity index (χ3n) is 5.26. The quantitative estimate of drug-likeness (QED) is 0.395. The number of hydrogen-bond acceptors (Lipinski definition) is 9. The Bertz CT molecular complexity index is 1030. The third-order valence-corrected chi connectivity index (χ3v) is 6.14. The van der Waals surface area contributed by atoms with Crippen LogP contribution in [0.2, 0.25) is 0 Å². The highest BCUT2D eigenvalue weighted by molar-refractivity contribution is 8.16. The average Bonchev–Trinajstić information content (AvgIpc) is 3.18. The summed E-state index contributed by atoms with van der Waals surface area (Å²) in [7, 11) is 4.67. The van der Waals surface area contributed by atoms with Crippen LogP contribution in [0.15, 0.2) is 45.6 Å². The minimum Gasteiger partial charge on any atom is -0.493 e. The minimum atomic E-state index is -0.560. The topological polar surface area (TPSA) is 98.7 Å². The largest absolute Gasteiger partial charge is 0.493 e. The lowest BCUT2D eigenvalue weighted by Gasteiger charge is -2.36. The fourth-order valence-electron chi connectivity index (χ4n) is 3.80. The normalized spacial score (nSPS) is 17.3. The molecule has 0 bridgehead atoms. The maximum Gasteiger partial charge on any atom is 0.338 e. The van der Waals surface area contributed by atoms with E-state index in [1.807, 2.05) is 36.3 Å². The van der Waals surface area contributed by atoms with Gasteiger partial charge in [-0.2, -0.15) is 0 Å². The molecule has 2 aliphatic rings. The number of esters is 1. The van der Waals surface area contributed by atoms with Crippen LogP contribution in [0.1, 0.15) is 38.8 Å². The lowest BCUT2D eigenvalue weighted by atomic mass is 9.93. The SMILES string of the molecule is COCCOC(=O)C1=C(C)N=C2SC=C(CC(=O)NC(C)C)N2[C@@H]1c1ccc(OC)c(OC)c1. The van der Waals surface area contributed by atoms with Crippen LogP contribution in [-0.2, 0) is 19.1 Å². The number of amidine groups is 1. The lowest BCUT2D eigenvalue weighted by Crippen LogP contribution is -2.39. The van der Waals surface area contributed by atoms with Crippen LogP contribution in [-0.4, -0.2) is 62.5 Å². The molecule has 2 heterocycles. The second kappa shape index (κ2) is 11.4. The smallest absolute Gasteiger partial charge is 0.338 e. The molecule has 1 atom stereocenters. The number of aliphatic imine (C=N–C) groups is 1. The Hall–Kier alpha value is -2.98. The van der Waals surface area contributed by atoms with Crippen LogP contribution in [0, 0.1) is 0 Å². The fraction of sp³-hybridized carbons (Fsp3) is 0.458. The van der Waals surface area contributed by atoms with Crippen LogP contribution >= 0.6 is 11.8 Å². The summed E-state index contributed by atoms with van der Waals surface area (Å²) in [4.78, 5) is 32.4. The van der Waals surface area contributed by atoms with Crippen molar-refractivity contribution in [3.05, 3.63) is 46.1 Å². The van der Waals surface area contributed by atoms with Gasteiger partial charge in [-0.25, -0.2) is 9.79 Å². The van der Waals surface area contributed by atoms with Gasteiger partial charge >= 0.3 is 5.97 Å². The highest BCUT2D eigenvalue weighted by Gasteiger charge is 2.41. The molecule has 2 aliphatic heterocycles. The first kappa shape index (κ1) is 25.6. The third kappa shape index (κ3) is 5.56. The number of hydrogen-bond donors (Lipinski definition) is 1. The van der Waals surface area contributed by atoms with Crippen LogP contribution in [0.25, 0.3) is 0 Å². The van der Waals surface area contributed by atoms with E-state index in [1.165, 1.54) is 11.8 Å². The van der Waals surface area contributed by atoms with Gasteiger partial charge in [-0.15, -0.1) is 0 Å². The molecule has 0 unspecified atom stereocenters. The molecule has 0 radical (unpaired) electrons. The van der Waals surface area contributed by atoms with E-state index in [4.69, 9.17) is 18.9 Å². The van der Waals surface area contributed by atoms with Crippen LogP contribution < -0.4 is 14.8 Å². The molecule has 0 saturated heterocycles. The molecule has 9 nitrogen and oxygen atoms in total. The van der Waals surface area contributed by atoms with Gasteiger partial charge in [0, 0.05) is 18.8 Å². The summed E-state index contributed by atoms with van der Waals surface area (Å²) >= 11 is 1.42. The van der Waals surface area contributed by atoms with Crippen molar-refractivity contribution in [1.82, 2.24) is 10.2 Å². The van der Waals surface area contributed by atoms with E-state index in [-0.39, 0.29) is 31.6 Å². The predicted molar refractivity (Wildman–Crippen MR) is 131 cm³/mol. The Labute approximate surface area is 204 Å². The van der Waals surface area contributed by atoms with E-state index in [1.54, 1.807) is 34.3 Å². The van der Waals surface area contributed by atoms with Crippen molar-refractivity contribution in [2.45, 2.75) is 39.3 Å². The number of fused-ring (bicyclic) bond motifs is 1. The van der Waals surface area contributed by atoms with Crippen molar-refractivity contribution in [1.29, 1.82) is 0 Å². The Kier molecular flexibility index (Phi) is 8.62. The summed E-state index contributed by atoms with van der Waals surface area (Å²) in [6.45, 7) is 6.02. The van der Waals surface area contributed by atoms with Crippen molar-refractivity contribution in [3.63, 3.8) is 0 Å². The van der Waals surface area contributed by atoms with Gasteiger partial charge < -0.3 is 29.2 Å². The number of benzene rings is 1. The monoisotopic (exact) mass is 489 g/mol. The molecule has 1 aromatic carbocycles. The maximum atomic E-state index is 13.2. The molecular weight excluding hydrogens is 458 g/mol. The standard InChI is InChI=1S/C24H31N3O6S/c1-14(2)25-20(28)12-17-13-34-24-26-15(3)21(23(29)33-10-9-30-4)22(27(17)24)16-7-8-18(31-5)19(11-16)32-6/h7-8,11,13-14,22H,9-10,12H2,1-6H3,(H,25,28)/t22-/m1/s1. The molecule has 3 rings (SSSR count). The molecule has 184 valence electrons. The van der Waals surface area contributed by atoms with Crippen molar-refractivity contribution in [2.75, 3.05) is 34.5 Å². The van der Waals surface area contributed by atoms with E-state index in [2.05, 4.69) is 10.3 Å². The lowest BCUT2D eigenvalue weighted by molar-refractivity contribution is -0.141. The summed E-state index contributed by atoms with van der Waals surface area (Å²) in [5.41, 5.74) is 2.48. The Balaban J connectivity index is 2.05. The molecule has 0 spiro atoms. The van der Waals surface area contributed by atoms with Crippen LogP contribution in [0.3, 0.4) is 0 Å². The highest BCUT2D eigenvalue weighted by Crippen LogP contribution is 2.46. The van der Waals surface area contributed by atoms with Gasteiger partial charge in [0.15, 0.2) is 16.7 Å². The molecule has 1 amide bonds. The number of carbonyl (C=O) groups is 2. The first-order chi connectivity index (χ1) is 16.3. The number of ether oxygens (including phenoxy) is 4. The van der Waals surface area contributed by atoms with Gasteiger partial charge in [-0.1, -0.05) is 17.8 Å². The molecule has 0 saturated carbocycles. The average molecular weight is 490 g/mol. The summed E-state index contributed by atoms with van der Waals surface area (Å²) in [5.74, 6) is 0.511. The zero-order valence-corrected chi connectivity index (χ0v) is 21.2. The van der Waals surface area contributed by atoms with E-state index in [0.29, 0.717) is 27.9 Å². The number of nitrogens with zero attached hydrogens (tertiary/aromatic N) is 2. The number of rotatable bonds is 10. The van der Waals surface area contributed by atoms with Crippen LogP contribution in [0.5, 0.6) is 11.5 Å². The summed E-state index contributed by atoms with van der Waals surface area (Å²) in [6, 6.07) is 4.96. The van der Waals surface area contributed by atoms with E-state index >= 15 is 0 Å². The first-order valence-electron chi connectivity index (χ1n) is 10.9. The minimum absolute atomic E-state index is 0.0201. The number of carbonyl (C=O) groups excluding carboxylic acids is 2. The predicted octanol–water partition coefficient (Wildman–Crippen LogP) is 3.38. The first-order valence-corrected chi connectivity index (χ1v) is 11.8. The Morgan fingerprint density at radius 1 is 1.15 bits per heavy atom. The zero-order valence-electron chi connectivity index (χ0n) is 20.3. The molecule has 10 heteroatoms. The maximum absolute atomic E-state index is 13.2. The second-order valence-corrected chi connectivity index (χ2v) is 8.87. The van der Waals surface area contributed by atoms with Gasteiger partial charge in [0.05, 0.1) is 44.6 Å². The summed E-state index contributed by atoms with van der Waals surface area (Å²) < 4.78 is 21.4. The number of nitrogens with one attached hydrogen (secondary N) is 1. The molecular formula is C24H31N3O6S. The molecule has 0 aliphatic carbocycles. The molecule has 1 N–H and O–H groups in total. The number of amides is 1. The second-order valence-electron chi connectivity index (χ2n) is 8.04. The summed E-state index contributed by atoms with van der Waals surface area (Å²) in [6.07, 6.45) is 0.152. The van der Waals surface area contributed by atoms with Gasteiger partial charge in [-0.05, 0) is 43.9 Å². The molecule has 0 fully saturated rings. The zero-order chi connectivity index (χ0) is 24.8. The Morgan fingerprint density at radius 2 is 1.88 bits per heavy atom. The van der Waals surface area contributed by atoms with Crippen molar-refractivity contribution < 1.29 is 28.5 Å². The van der Waals surface area contributed by atoms with E-state index in [9.17, 15) is 9.59 Å². The fourth-order valence-corrected chi connectivity index (χ4v) is 4.77. The van der Waals surface area contributed by atoms with Crippen molar-refractivity contribution in [3.8, 4) is 11.5 Å². The number of thioether (sulfide) groups is 1. The van der Waals surface area contributed by atoms with E-state index < -0.39 is 12.0 Å². The van der Waals surface area contributed by atoms with Gasteiger partial charge in [0.25, 0.3) is 0 Å². The van der Waals surface area contributed by atoms with E-state index in [0.717, 1.165) is 11.3 Å². The molecule has 34 heavy (non-hydrogen) atoms. The van der Waals surface area contributed by atoms with Gasteiger partial charge in [0.1, 0.15) is 6.61 Å².